The second kappa shape index (κ2) is 11.4. The summed E-state index contributed by atoms with van der Waals surface area (Å²) in [6.45, 7) is 10.7. The summed E-state index contributed by atoms with van der Waals surface area (Å²) >= 11 is 0. The molecule has 180 valence electrons. The number of hydrogen-bond donors (Lipinski definition) is 2. The number of nitrogens with zero attached hydrogens (tertiary/aromatic N) is 4. The number of rotatable bonds is 13. The van der Waals surface area contributed by atoms with E-state index in [4.69, 9.17) is 5.73 Å². The Labute approximate surface area is 202 Å². The first kappa shape index (κ1) is 24.1. The minimum Gasteiger partial charge on any atom is -0.384 e. The SMILES string of the molecule is CCN(CC)CCCCNCCCCN1C(=O)c2cccc3c(-c4nccc(N)n4)ccc1c23. The van der Waals surface area contributed by atoms with E-state index in [0.717, 1.165) is 73.2 Å². The van der Waals surface area contributed by atoms with Crippen molar-refractivity contribution in [3.63, 3.8) is 0 Å². The van der Waals surface area contributed by atoms with Gasteiger partial charge in [0.15, 0.2) is 5.82 Å². The van der Waals surface area contributed by atoms with Crippen LogP contribution < -0.4 is 16.0 Å². The van der Waals surface area contributed by atoms with Gasteiger partial charge in [-0.25, -0.2) is 9.97 Å². The summed E-state index contributed by atoms with van der Waals surface area (Å²) < 4.78 is 0. The van der Waals surface area contributed by atoms with E-state index in [0.29, 0.717) is 11.6 Å². The van der Waals surface area contributed by atoms with Crippen molar-refractivity contribution in [1.82, 2.24) is 20.2 Å². The Morgan fingerprint density at radius 1 is 0.971 bits per heavy atom. The van der Waals surface area contributed by atoms with Crippen LogP contribution >= 0.6 is 0 Å². The average molecular weight is 461 g/mol. The topological polar surface area (TPSA) is 87.4 Å². The molecule has 0 aliphatic carbocycles. The predicted molar refractivity (Wildman–Crippen MR) is 140 cm³/mol. The van der Waals surface area contributed by atoms with Crippen molar-refractivity contribution < 1.29 is 4.79 Å². The maximum Gasteiger partial charge on any atom is 0.258 e. The van der Waals surface area contributed by atoms with Crippen molar-refractivity contribution in [3.8, 4) is 11.4 Å². The van der Waals surface area contributed by atoms with Gasteiger partial charge in [-0.2, -0.15) is 0 Å². The van der Waals surface area contributed by atoms with Gasteiger partial charge in [-0.15, -0.1) is 0 Å². The molecule has 1 aromatic heterocycles. The van der Waals surface area contributed by atoms with Gasteiger partial charge < -0.3 is 20.9 Å². The lowest BCUT2D eigenvalue weighted by Crippen LogP contribution is -2.28. The zero-order valence-electron chi connectivity index (χ0n) is 20.4. The normalized spacial score (nSPS) is 12.9. The molecule has 1 amide bonds. The molecule has 3 N–H and O–H groups in total. The molecule has 0 fully saturated rings. The van der Waals surface area contributed by atoms with Crippen molar-refractivity contribution in [1.29, 1.82) is 0 Å². The van der Waals surface area contributed by atoms with Crippen molar-refractivity contribution in [2.45, 2.75) is 39.5 Å². The van der Waals surface area contributed by atoms with E-state index >= 15 is 0 Å². The number of carbonyl (C=O) groups excluding carboxylic acids is 1. The van der Waals surface area contributed by atoms with Gasteiger partial charge in [0.25, 0.3) is 5.91 Å². The molecule has 7 nitrogen and oxygen atoms in total. The number of hydrogen-bond acceptors (Lipinski definition) is 6. The lowest BCUT2D eigenvalue weighted by Gasteiger charge is -2.18. The quantitative estimate of drug-likeness (QED) is 0.369. The predicted octanol–water partition coefficient (Wildman–Crippen LogP) is 4.33. The highest BCUT2D eigenvalue weighted by molar-refractivity contribution is 6.26. The lowest BCUT2D eigenvalue weighted by atomic mass is 10.00. The van der Waals surface area contributed by atoms with Crippen LogP contribution in [0, 0.1) is 0 Å². The van der Waals surface area contributed by atoms with E-state index in [-0.39, 0.29) is 5.91 Å². The van der Waals surface area contributed by atoms with Gasteiger partial charge >= 0.3 is 0 Å². The minimum absolute atomic E-state index is 0.0793. The highest BCUT2D eigenvalue weighted by Crippen LogP contribution is 2.41. The van der Waals surface area contributed by atoms with Gasteiger partial charge in [0.2, 0.25) is 0 Å². The van der Waals surface area contributed by atoms with Crippen LogP contribution in [0.4, 0.5) is 11.5 Å². The molecule has 34 heavy (non-hydrogen) atoms. The van der Waals surface area contributed by atoms with Gasteiger partial charge in [-0.3, -0.25) is 4.79 Å². The van der Waals surface area contributed by atoms with Gasteiger partial charge in [-0.1, -0.05) is 26.0 Å². The molecule has 0 unspecified atom stereocenters. The third-order valence-corrected chi connectivity index (χ3v) is 6.66. The fourth-order valence-electron chi connectivity index (χ4n) is 4.74. The van der Waals surface area contributed by atoms with Crippen LogP contribution in [0.25, 0.3) is 22.2 Å². The van der Waals surface area contributed by atoms with Crippen LogP contribution in [0.2, 0.25) is 0 Å². The van der Waals surface area contributed by atoms with Gasteiger partial charge in [0.1, 0.15) is 5.82 Å². The van der Waals surface area contributed by atoms with Gasteiger partial charge in [-0.05, 0) is 88.1 Å². The molecule has 0 saturated heterocycles. The Balaban J connectivity index is 1.32. The molecular formula is C27H36N6O. The highest BCUT2D eigenvalue weighted by Gasteiger charge is 2.30. The number of nitrogens with two attached hydrogens (primary N) is 1. The molecule has 2 aromatic carbocycles. The Morgan fingerprint density at radius 3 is 2.53 bits per heavy atom. The van der Waals surface area contributed by atoms with E-state index in [1.807, 2.05) is 35.2 Å². The molecule has 0 atom stereocenters. The number of amides is 1. The maximum absolute atomic E-state index is 13.2. The number of unbranched alkanes of at least 4 members (excludes halogenated alkanes) is 2. The summed E-state index contributed by atoms with van der Waals surface area (Å²) in [5, 5.41) is 5.53. The third kappa shape index (κ3) is 5.21. The first-order chi connectivity index (χ1) is 16.6. The molecule has 3 aromatic rings. The largest absolute Gasteiger partial charge is 0.384 e. The second-order valence-electron chi connectivity index (χ2n) is 8.81. The molecule has 0 saturated carbocycles. The third-order valence-electron chi connectivity index (χ3n) is 6.66. The van der Waals surface area contributed by atoms with Crippen molar-refractivity contribution >= 4 is 28.2 Å². The number of nitrogen functional groups attached to an aromatic ring is 1. The van der Waals surface area contributed by atoms with E-state index < -0.39 is 0 Å². The summed E-state index contributed by atoms with van der Waals surface area (Å²) in [4.78, 5) is 26.3. The van der Waals surface area contributed by atoms with Crippen LogP contribution in [0.15, 0.2) is 42.6 Å². The number of aromatic nitrogens is 2. The lowest BCUT2D eigenvalue weighted by molar-refractivity contribution is 0.0992. The summed E-state index contributed by atoms with van der Waals surface area (Å²) in [6.07, 6.45) is 6.12. The molecule has 1 aliphatic heterocycles. The highest BCUT2D eigenvalue weighted by atomic mass is 16.2. The molecule has 0 bridgehead atoms. The Kier molecular flexibility index (Phi) is 8.08. The number of benzene rings is 2. The number of nitrogens with one attached hydrogen (secondary N) is 1. The minimum atomic E-state index is 0.0793. The van der Waals surface area contributed by atoms with Crippen LogP contribution in [0.5, 0.6) is 0 Å². The van der Waals surface area contributed by atoms with Crippen LogP contribution in [-0.2, 0) is 0 Å². The molecule has 7 heteroatoms. The van der Waals surface area contributed by atoms with Gasteiger partial charge in [0, 0.05) is 29.3 Å². The summed E-state index contributed by atoms with van der Waals surface area (Å²) in [6, 6.07) is 11.6. The molecule has 0 spiro atoms. The smallest absolute Gasteiger partial charge is 0.258 e. The van der Waals surface area contributed by atoms with Crippen LogP contribution in [0.1, 0.15) is 49.9 Å². The second-order valence-corrected chi connectivity index (χ2v) is 8.81. The standard InChI is InChI=1S/C27H36N6O/c1-3-32(4-2)18-7-5-15-29-16-6-8-19-33-23-13-12-21(26-30-17-14-24(28)31-26)20-10-9-11-22(25(20)23)27(33)34/h9-14,17,29H,3-8,15-16,18-19H2,1-2H3,(H2,28,30,31). The molecular weight excluding hydrogens is 424 g/mol. The summed E-state index contributed by atoms with van der Waals surface area (Å²) in [7, 11) is 0. The molecule has 4 rings (SSSR count). The molecule has 1 aliphatic rings. The van der Waals surface area contributed by atoms with E-state index in [1.165, 1.54) is 19.4 Å². The summed E-state index contributed by atoms with van der Waals surface area (Å²) in [5.41, 5.74) is 8.50. The van der Waals surface area contributed by atoms with Crippen molar-refractivity contribution in [3.05, 3.63) is 48.2 Å². The fourth-order valence-corrected chi connectivity index (χ4v) is 4.74. The zero-order chi connectivity index (χ0) is 23.9. The van der Waals surface area contributed by atoms with E-state index in [2.05, 4.69) is 34.0 Å². The first-order valence-electron chi connectivity index (χ1n) is 12.5. The average Bonchev–Trinajstić information content (AvgIpc) is 3.13. The zero-order valence-corrected chi connectivity index (χ0v) is 20.4. The maximum atomic E-state index is 13.2. The van der Waals surface area contributed by atoms with E-state index in [1.54, 1.807) is 12.3 Å². The van der Waals surface area contributed by atoms with E-state index in [9.17, 15) is 4.79 Å². The number of carbonyl (C=O) groups is 1. The van der Waals surface area contributed by atoms with Gasteiger partial charge in [0.05, 0.1) is 5.69 Å². The fraction of sp³-hybridized carbons (Fsp3) is 0.444. The van der Waals surface area contributed by atoms with Crippen LogP contribution in [-0.4, -0.2) is 60.0 Å². The van der Waals surface area contributed by atoms with Crippen LogP contribution in [0.3, 0.4) is 0 Å². The van der Waals surface area contributed by atoms with Crippen molar-refractivity contribution in [2.24, 2.45) is 0 Å². The molecule has 2 heterocycles. The Morgan fingerprint density at radius 2 is 1.76 bits per heavy atom. The summed E-state index contributed by atoms with van der Waals surface area (Å²) in [5.74, 6) is 1.09. The Bertz CT molecular complexity index is 1130. The Hall–Kier alpha value is -3.03. The monoisotopic (exact) mass is 460 g/mol. The first-order valence-corrected chi connectivity index (χ1v) is 12.5. The number of anilines is 2. The van der Waals surface area contributed by atoms with Crippen molar-refractivity contribution in [2.75, 3.05) is 49.9 Å². The molecule has 0 radical (unpaired) electrons.